The highest BCUT2D eigenvalue weighted by molar-refractivity contribution is 6.12. The van der Waals surface area contributed by atoms with Gasteiger partial charge < -0.3 is 14.2 Å². The van der Waals surface area contributed by atoms with Crippen LogP contribution < -0.4 is 9.80 Å². The van der Waals surface area contributed by atoms with E-state index in [1.54, 1.807) is 0 Å². The van der Waals surface area contributed by atoms with E-state index in [0.717, 1.165) is 72.8 Å². The maximum Gasteiger partial charge on any atom is 0.143 e. The maximum atomic E-state index is 6.90. The van der Waals surface area contributed by atoms with Gasteiger partial charge in [-0.25, -0.2) is 0 Å². The second-order valence-electron chi connectivity index (χ2n) is 19.0. The first kappa shape index (κ1) is 42.9. The third-order valence-electron chi connectivity index (χ3n) is 14.9. The lowest BCUT2D eigenvalue weighted by molar-refractivity contribution is 0.667. The Balaban J connectivity index is 1.12. The molecular formula is C69H50N2O. The van der Waals surface area contributed by atoms with Crippen LogP contribution in [0.5, 0.6) is 0 Å². The first-order chi connectivity index (χ1) is 35.5. The zero-order valence-electron chi connectivity index (χ0n) is 40.2. The average Bonchev–Trinajstić information content (AvgIpc) is 3.96. The van der Waals surface area contributed by atoms with Gasteiger partial charge in [-0.2, -0.15) is 0 Å². The van der Waals surface area contributed by atoms with E-state index in [2.05, 4.69) is 291 Å². The van der Waals surface area contributed by atoms with Gasteiger partial charge in [0.25, 0.3) is 0 Å². The van der Waals surface area contributed by atoms with Gasteiger partial charge in [-0.05, 0) is 131 Å². The lowest BCUT2D eigenvalue weighted by Crippen LogP contribution is -2.25. The normalized spacial score (nSPS) is 13.8. The number of rotatable bonds is 10. The van der Waals surface area contributed by atoms with E-state index < -0.39 is 5.41 Å². The summed E-state index contributed by atoms with van der Waals surface area (Å²) >= 11 is 0. The second-order valence-corrected chi connectivity index (χ2v) is 19.0. The predicted molar refractivity (Wildman–Crippen MR) is 302 cm³/mol. The van der Waals surface area contributed by atoms with Gasteiger partial charge in [0.1, 0.15) is 11.2 Å². The molecule has 0 saturated carbocycles. The molecule has 0 spiro atoms. The summed E-state index contributed by atoms with van der Waals surface area (Å²) in [5, 5.41) is 2.26. The SMILES string of the molecule is Cc1cccc(N(c2ccccc2)c2ccc(-c3ccccc3)cc2)c1-c1c(N(c2ccccc2)c2ccc(-c3ccccc3)cc2)cccc1C1(C)c2ccccc2-c2c1ccc1c2oc2ccccc21. The quantitative estimate of drug-likeness (QED) is 0.136. The van der Waals surface area contributed by atoms with Crippen LogP contribution in [0.4, 0.5) is 34.1 Å². The van der Waals surface area contributed by atoms with E-state index in [4.69, 9.17) is 4.42 Å². The number of fused-ring (bicyclic) bond motifs is 7. The van der Waals surface area contributed by atoms with E-state index in [1.807, 2.05) is 0 Å². The molecule has 1 unspecified atom stereocenters. The van der Waals surface area contributed by atoms with Crippen molar-refractivity contribution in [3.63, 3.8) is 0 Å². The molecule has 3 nitrogen and oxygen atoms in total. The Morgan fingerprint density at radius 2 is 0.764 bits per heavy atom. The summed E-state index contributed by atoms with van der Waals surface area (Å²) < 4.78 is 6.90. The summed E-state index contributed by atoms with van der Waals surface area (Å²) in [6, 6.07) is 96.8. The fraction of sp³-hybridized carbons (Fsp3) is 0.0435. The summed E-state index contributed by atoms with van der Waals surface area (Å²) in [4.78, 5) is 4.90. The monoisotopic (exact) mass is 922 g/mol. The molecule has 12 aromatic rings. The second kappa shape index (κ2) is 17.7. The summed E-state index contributed by atoms with van der Waals surface area (Å²) in [5.74, 6) is 0. The van der Waals surface area contributed by atoms with Gasteiger partial charge in [0, 0.05) is 55.6 Å². The van der Waals surface area contributed by atoms with Gasteiger partial charge in [-0.1, -0.05) is 200 Å². The summed E-state index contributed by atoms with van der Waals surface area (Å²) in [5.41, 5.74) is 21.8. The van der Waals surface area contributed by atoms with Crippen molar-refractivity contribution in [2.24, 2.45) is 0 Å². The van der Waals surface area contributed by atoms with Gasteiger partial charge in [0.15, 0.2) is 0 Å². The van der Waals surface area contributed by atoms with Crippen molar-refractivity contribution in [3.8, 4) is 44.5 Å². The minimum absolute atomic E-state index is 0.627. The Kier molecular flexibility index (Phi) is 10.5. The van der Waals surface area contributed by atoms with Crippen LogP contribution in [0.3, 0.4) is 0 Å². The zero-order valence-corrected chi connectivity index (χ0v) is 40.2. The number of para-hydroxylation sites is 3. The van der Waals surface area contributed by atoms with Crippen molar-refractivity contribution in [1.29, 1.82) is 0 Å². The zero-order chi connectivity index (χ0) is 48.2. The fourth-order valence-electron chi connectivity index (χ4n) is 11.5. The molecule has 0 fully saturated rings. The molecule has 1 atom stereocenters. The van der Waals surface area contributed by atoms with E-state index in [0.29, 0.717) is 0 Å². The largest absolute Gasteiger partial charge is 0.455 e. The van der Waals surface area contributed by atoms with Crippen LogP contribution in [-0.2, 0) is 5.41 Å². The Bertz CT molecular complexity index is 3920. The smallest absolute Gasteiger partial charge is 0.143 e. The van der Waals surface area contributed by atoms with Crippen LogP contribution in [0.2, 0.25) is 0 Å². The molecule has 0 N–H and O–H groups in total. The highest BCUT2D eigenvalue weighted by Gasteiger charge is 2.45. The average molecular weight is 923 g/mol. The number of anilines is 6. The first-order valence-corrected chi connectivity index (χ1v) is 24.8. The van der Waals surface area contributed by atoms with E-state index in [9.17, 15) is 0 Å². The van der Waals surface area contributed by atoms with Crippen molar-refractivity contribution in [2.45, 2.75) is 19.3 Å². The molecule has 1 heterocycles. The third kappa shape index (κ3) is 7.04. The molecule has 11 aromatic carbocycles. The highest BCUT2D eigenvalue weighted by atomic mass is 16.3. The van der Waals surface area contributed by atoms with Crippen LogP contribution in [0, 0.1) is 6.92 Å². The molecule has 1 aliphatic carbocycles. The molecule has 0 radical (unpaired) electrons. The Labute approximate surface area is 421 Å². The lowest BCUT2D eigenvalue weighted by atomic mass is 9.70. The number of hydrogen-bond donors (Lipinski definition) is 0. The molecule has 72 heavy (non-hydrogen) atoms. The van der Waals surface area contributed by atoms with Gasteiger partial charge in [0.2, 0.25) is 0 Å². The topological polar surface area (TPSA) is 19.6 Å². The molecule has 13 rings (SSSR count). The predicted octanol–water partition coefficient (Wildman–Crippen LogP) is 19.2. The maximum absolute atomic E-state index is 6.90. The molecule has 342 valence electrons. The van der Waals surface area contributed by atoms with Crippen LogP contribution in [0.1, 0.15) is 29.2 Å². The fourth-order valence-corrected chi connectivity index (χ4v) is 11.5. The standard InChI is InChI=1S/C69H50N2O/c1-47-21-19-34-62(70(52-26-11-5-12-27-52)54-41-37-50(38-42-54)48-22-7-3-8-23-48)65(47)67-60(69(2)59-32-17-15-31-58(59)66-61(69)46-45-57-56-30-16-18-36-64(56)72-68(57)66)33-20-35-63(67)71(53-28-13-6-14-29-53)55-43-39-51(40-44-55)49-24-9-4-10-25-49/h3-46H,1-2H3. The number of furan rings is 1. The highest BCUT2D eigenvalue weighted by Crippen LogP contribution is 2.60. The van der Waals surface area contributed by atoms with Crippen LogP contribution in [-0.4, -0.2) is 0 Å². The van der Waals surface area contributed by atoms with Gasteiger partial charge in [-0.3, -0.25) is 0 Å². The molecule has 3 heteroatoms. The lowest BCUT2D eigenvalue weighted by Gasteiger charge is -2.37. The summed E-state index contributed by atoms with van der Waals surface area (Å²) in [6.45, 7) is 4.71. The molecule has 0 aliphatic heterocycles. The molecule has 0 bridgehead atoms. The van der Waals surface area contributed by atoms with Crippen molar-refractivity contribution >= 4 is 56.1 Å². The van der Waals surface area contributed by atoms with Crippen molar-refractivity contribution in [3.05, 3.63) is 289 Å². The number of nitrogens with zero attached hydrogens (tertiary/aromatic N) is 2. The van der Waals surface area contributed by atoms with E-state index >= 15 is 0 Å². The molecule has 0 saturated heterocycles. The Morgan fingerprint density at radius 3 is 1.36 bits per heavy atom. The van der Waals surface area contributed by atoms with E-state index in [1.165, 1.54) is 50.1 Å². The number of benzene rings is 11. The van der Waals surface area contributed by atoms with Crippen molar-refractivity contribution < 1.29 is 4.42 Å². The first-order valence-electron chi connectivity index (χ1n) is 24.8. The van der Waals surface area contributed by atoms with Crippen LogP contribution >= 0.6 is 0 Å². The molecule has 1 aromatic heterocycles. The Hall–Kier alpha value is -9.18. The summed E-state index contributed by atoms with van der Waals surface area (Å²) in [6.07, 6.45) is 0. The minimum atomic E-state index is -0.627. The molecule has 1 aliphatic rings. The van der Waals surface area contributed by atoms with Crippen LogP contribution in [0.25, 0.3) is 66.4 Å². The molecular weight excluding hydrogens is 873 g/mol. The van der Waals surface area contributed by atoms with Gasteiger partial charge in [-0.15, -0.1) is 0 Å². The minimum Gasteiger partial charge on any atom is -0.455 e. The van der Waals surface area contributed by atoms with Gasteiger partial charge >= 0.3 is 0 Å². The third-order valence-corrected chi connectivity index (χ3v) is 14.9. The molecule has 0 amide bonds. The van der Waals surface area contributed by atoms with Crippen molar-refractivity contribution in [1.82, 2.24) is 0 Å². The number of aryl methyl sites for hydroxylation is 1. The van der Waals surface area contributed by atoms with Gasteiger partial charge in [0.05, 0.1) is 11.4 Å². The number of hydrogen-bond acceptors (Lipinski definition) is 3. The summed E-state index contributed by atoms with van der Waals surface area (Å²) in [7, 11) is 0. The Morgan fingerprint density at radius 1 is 0.319 bits per heavy atom. The van der Waals surface area contributed by atoms with E-state index in [-0.39, 0.29) is 0 Å². The van der Waals surface area contributed by atoms with Crippen molar-refractivity contribution in [2.75, 3.05) is 9.80 Å². The van der Waals surface area contributed by atoms with Crippen LogP contribution in [0.15, 0.2) is 271 Å².